The summed E-state index contributed by atoms with van der Waals surface area (Å²) in [4.78, 5) is 29.3. The second-order valence-corrected chi connectivity index (χ2v) is 1.80. The SMILES string of the molecule is O[Si](O)(O)O.[CaH2].[SiH4]. The van der Waals surface area contributed by atoms with Gasteiger partial charge in [0.25, 0.3) is 0 Å². The molecule has 0 aromatic rings. The fraction of sp³-hybridized carbons (Fsp3) is 0. The van der Waals surface area contributed by atoms with E-state index in [-0.39, 0.29) is 48.7 Å². The van der Waals surface area contributed by atoms with Gasteiger partial charge in [-0.2, -0.15) is 0 Å². The molecular weight excluding hydrogens is 160 g/mol. The molecule has 4 nitrogen and oxygen atoms in total. The van der Waals surface area contributed by atoms with E-state index in [9.17, 15) is 0 Å². The van der Waals surface area contributed by atoms with Gasteiger partial charge in [-0.05, 0) is 11.0 Å². The zero-order valence-corrected chi connectivity index (χ0v) is 3.29. The second-order valence-electron chi connectivity index (χ2n) is 0.600. The molecule has 4 N–H and O–H groups in total. The molecule has 0 aromatic heterocycles. The van der Waals surface area contributed by atoms with Crippen molar-refractivity contribution < 1.29 is 19.2 Å². The first-order valence-corrected chi connectivity index (χ1v) is 2.68. The van der Waals surface area contributed by atoms with Gasteiger partial charge in [0, 0.05) is 0 Å². The minimum absolute atomic E-state index is 0. The Bertz CT molecular complexity index is 25.2. The third kappa shape index (κ3) is 98.1. The fourth-order valence-corrected chi connectivity index (χ4v) is 0. The molecule has 0 aliphatic heterocycles. The zero-order valence-electron chi connectivity index (χ0n) is 2.29. The van der Waals surface area contributed by atoms with Gasteiger partial charge < -0.3 is 19.2 Å². The molecule has 0 heterocycles. The molecule has 0 unspecified atom stereocenters. The first-order valence-electron chi connectivity index (χ1n) is 0.894. The maximum atomic E-state index is 7.33. The van der Waals surface area contributed by atoms with Gasteiger partial charge in [-0.15, -0.1) is 0 Å². The van der Waals surface area contributed by atoms with Gasteiger partial charge in [-0.1, -0.05) is 0 Å². The van der Waals surface area contributed by atoms with Crippen molar-refractivity contribution in [3.8, 4) is 0 Å². The van der Waals surface area contributed by atoms with Crippen LogP contribution < -0.4 is 0 Å². The van der Waals surface area contributed by atoms with Crippen molar-refractivity contribution in [2.24, 2.45) is 0 Å². The second kappa shape index (κ2) is 5.67. The molecule has 0 aromatic carbocycles. The van der Waals surface area contributed by atoms with Crippen LogP contribution in [0.3, 0.4) is 0 Å². The maximum absolute atomic E-state index is 7.33. The van der Waals surface area contributed by atoms with Crippen molar-refractivity contribution >= 4 is 57.8 Å². The van der Waals surface area contributed by atoms with E-state index < -0.39 is 9.05 Å². The topological polar surface area (TPSA) is 80.9 Å². The Morgan fingerprint density at radius 1 is 0.857 bits per heavy atom. The Morgan fingerprint density at radius 2 is 0.857 bits per heavy atom. The molecule has 0 saturated heterocycles. The summed E-state index contributed by atoms with van der Waals surface area (Å²) in [5, 5.41) is 0. The van der Waals surface area contributed by atoms with Crippen LogP contribution in [0, 0.1) is 0 Å². The molecule has 0 atom stereocenters. The Labute approximate surface area is 76.3 Å². The van der Waals surface area contributed by atoms with E-state index in [1.54, 1.807) is 0 Å². The van der Waals surface area contributed by atoms with Crippen molar-refractivity contribution in [3.63, 3.8) is 0 Å². The molecule has 0 spiro atoms. The predicted molar refractivity (Wildman–Crippen MR) is 34.5 cm³/mol. The van der Waals surface area contributed by atoms with Crippen LogP contribution in [0.1, 0.15) is 0 Å². The van der Waals surface area contributed by atoms with Crippen molar-refractivity contribution in [2.45, 2.75) is 0 Å². The van der Waals surface area contributed by atoms with E-state index in [1.165, 1.54) is 0 Å². The molecule has 44 valence electrons. The molecule has 0 aliphatic carbocycles. The Hall–Kier alpha value is 1.53. The minimum atomic E-state index is -4.61. The average molecular weight is 170 g/mol. The molecule has 0 fully saturated rings. The summed E-state index contributed by atoms with van der Waals surface area (Å²) >= 11 is 0. The van der Waals surface area contributed by atoms with Gasteiger partial charge in [-0.3, -0.25) is 0 Å². The van der Waals surface area contributed by atoms with E-state index in [0.717, 1.165) is 0 Å². The van der Waals surface area contributed by atoms with Gasteiger partial charge in [0.2, 0.25) is 0 Å². The first-order chi connectivity index (χ1) is 2.00. The van der Waals surface area contributed by atoms with Crippen molar-refractivity contribution in [1.82, 2.24) is 0 Å². The van der Waals surface area contributed by atoms with E-state index in [4.69, 9.17) is 19.2 Å². The molecule has 0 aliphatic rings. The van der Waals surface area contributed by atoms with Gasteiger partial charge in [-0.25, -0.2) is 0 Å². The van der Waals surface area contributed by atoms with Gasteiger partial charge in [0.05, 0.1) is 0 Å². The van der Waals surface area contributed by atoms with Crippen LogP contribution in [0.5, 0.6) is 0 Å². The third-order valence-corrected chi connectivity index (χ3v) is 0. The number of rotatable bonds is 0. The van der Waals surface area contributed by atoms with E-state index in [2.05, 4.69) is 0 Å². The standard InChI is InChI=1S/Ca.H4O4Si.H4Si.2H/c;1-5(2,3)4;;;/h;1-4H;1H4;;. The quantitative estimate of drug-likeness (QED) is 0.275. The van der Waals surface area contributed by atoms with Crippen LogP contribution >= 0.6 is 0 Å². The monoisotopic (exact) mass is 170 g/mol. The number of hydrogen-bond donors (Lipinski definition) is 4. The van der Waals surface area contributed by atoms with Crippen molar-refractivity contribution in [2.75, 3.05) is 0 Å². The van der Waals surface area contributed by atoms with Gasteiger partial charge in [0.15, 0.2) is 0 Å². The maximum Gasteiger partial charge on any atom is -0.0149 e. The zero-order chi connectivity index (χ0) is 4.50. The molecule has 0 rings (SSSR count). The van der Waals surface area contributed by atoms with Gasteiger partial charge >= 0.3 is 46.8 Å². The average Bonchev–Trinajstić information content (AvgIpc) is 0.722. The largest absolute Gasteiger partial charge is 0.0149 e. The van der Waals surface area contributed by atoms with Crippen LogP contribution in [0.25, 0.3) is 0 Å². The summed E-state index contributed by atoms with van der Waals surface area (Å²) in [6.07, 6.45) is 0. The Balaban J connectivity index is -0.0000000800. The molecule has 0 amide bonds. The molecule has 0 saturated carbocycles. The molecule has 7 heteroatoms. The van der Waals surface area contributed by atoms with Gasteiger partial charge in [0.1, 0.15) is 0 Å². The normalized spacial score (nSPS) is 8.57. The van der Waals surface area contributed by atoms with Crippen LogP contribution in [-0.2, 0) is 0 Å². The summed E-state index contributed by atoms with van der Waals surface area (Å²) in [6.45, 7) is 0. The van der Waals surface area contributed by atoms with Crippen LogP contribution in [0.2, 0.25) is 0 Å². The molecular formula is H10CaO4Si2. The molecule has 0 radical (unpaired) electrons. The first kappa shape index (κ1) is 15.8. The smallest absolute Gasteiger partial charge is 0.0149 e. The predicted octanol–water partition coefficient (Wildman–Crippen LogP) is -4.98. The van der Waals surface area contributed by atoms with E-state index in [0.29, 0.717) is 0 Å². The summed E-state index contributed by atoms with van der Waals surface area (Å²) in [7, 11) is -4.61. The number of hydrogen-bond acceptors (Lipinski definition) is 4. The fourth-order valence-electron chi connectivity index (χ4n) is 0. The molecule has 0 bridgehead atoms. The van der Waals surface area contributed by atoms with Crippen LogP contribution in [-0.4, -0.2) is 76.9 Å². The summed E-state index contributed by atoms with van der Waals surface area (Å²) in [5.41, 5.74) is 0. The minimum Gasteiger partial charge on any atom is -0.0149 e. The van der Waals surface area contributed by atoms with Crippen molar-refractivity contribution in [3.05, 3.63) is 0 Å². The van der Waals surface area contributed by atoms with Crippen LogP contribution in [0.15, 0.2) is 0 Å². The summed E-state index contributed by atoms with van der Waals surface area (Å²) < 4.78 is 0. The Morgan fingerprint density at radius 3 is 0.857 bits per heavy atom. The Kier molecular flexibility index (Phi) is 12.8. The third-order valence-electron chi connectivity index (χ3n) is 0. The van der Waals surface area contributed by atoms with E-state index >= 15 is 0 Å². The van der Waals surface area contributed by atoms with Crippen LogP contribution in [0.4, 0.5) is 0 Å². The summed E-state index contributed by atoms with van der Waals surface area (Å²) in [6, 6.07) is 0. The molecule has 7 heavy (non-hydrogen) atoms. The summed E-state index contributed by atoms with van der Waals surface area (Å²) in [5.74, 6) is 0. The van der Waals surface area contributed by atoms with Crippen molar-refractivity contribution in [1.29, 1.82) is 0 Å². The van der Waals surface area contributed by atoms with E-state index in [1.807, 2.05) is 0 Å².